The van der Waals surface area contributed by atoms with Crippen LogP contribution in [0.25, 0.3) is 11.0 Å². The van der Waals surface area contributed by atoms with E-state index in [-0.39, 0.29) is 0 Å². The minimum Gasteiger partial charge on any atom is -0.393 e. The van der Waals surface area contributed by atoms with Crippen LogP contribution in [0.2, 0.25) is 0 Å². The molecule has 4 heteroatoms. The molecule has 4 nitrogen and oxygen atoms in total. The highest BCUT2D eigenvalue weighted by Gasteiger charge is 2.35. The van der Waals surface area contributed by atoms with Gasteiger partial charge >= 0.3 is 0 Å². The lowest BCUT2D eigenvalue weighted by Crippen LogP contribution is -2.34. The first-order chi connectivity index (χ1) is 9.66. The summed E-state index contributed by atoms with van der Waals surface area (Å²) in [5, 5.41) is 20.6. The van der Waals surface area contributed by atoms with Gasteiger partial charge in [-0.1, -0.05) is 42.5 Å². The number of rotatable bonds is 3. The molecule has 0 fully saturated rings. The van der Waals surface area contributed by atoms with Crippen molar-refractivity contribution in [2.75, 3.05) is 6.61 Å². The zero-order valence-electron chi connectivity index (χ0n) is 11.2. The zero-order valence-corrected chi connectivity index (χ0v) is 11.2. The normalized spacial score (nSPS) is 14.3. The maximum atomic E-state index is 10.9. The van der Waals surface area contributed by atoms with Gasteiger partial charge in [0.25, 0.3) is 0 Å². The molecule has 0 saturated heterocycles. The SMILES string of the molecule is Cn1c(C(O)(CO)c2ccccc2)nc2ccccc21. The van der Waals surface area contributed by atoms with Gasteiger partial charge in [-0.15, -0.1) is 0 Å². The van der Waals surface area contributed by atoms with Crippen LogP contribution in [0.5, 0.6) is 0 Å². The molecule has 1 atom stereocenters. The third-order valence-corrected chi connectivity index (χ3v) is 3.64. The summed E-state index contributed by atoms with van der Waals surface area (Å²) in [6.45, 7) is -0.422. The van der Waals surface area contributed by atoms with Crippen molar-refractivity contribution in [3.63, 3.8) is 0 Å². The summed E-state index contributed by atoms with van der Waals surface area (Å²) in [7, 11) is 1.84. The molecular formula is C16H16N2O2. The lowest BCUT2D eigenvalue weighted by atomic mass is 9.94. The van der Waals surface area contributed by atoms with E-state index >= 15 is 0 Å². The lowest BCUT2D eigenvalue weighted by Gasteiger charge is -2.25. The lowest BCUT2D eigenvalue weighted by molar-refractivity contribution is 0.00815. The van der Waals surface area contributed by atoms with E-state index in [0.29, 0.717) is 11.4 Å². The summed E-state index contributed by atoms with van der Waals surface area (Å²) >= 11 is 0. The number of para-hydroxylation sites is 2. The van der Waals surface area contributed by atoms with E-state index in [2.05, 4.69) is 4.98 Å². The first-order valence-electron chi connectivity index (χ1n) is 6.47. The van der Waals surface area contributed by atoms with Gasteiger partial charge in [0.2, 0.25) is 0 Å². The maximum Gasteiger partial charge on any atom is 0.170 e. The average Bonchev–Trinajstić information content (AvgIpc) is 2.85. The fourth-order valence-corrected chi connectivity index (χ4v) is 2.52. The fourth-order valence-electron chi connectivity index (χ4n) is 2.52. The highest BCUT2D eigenvalue weighted by atomic mass is 16.3. The zero-order chi connectivity index (χ0) is 14.2. The van der Waals surface area contributed by atoms with Crippen molar-refractivity contribution >= 4 is 11.0 Å². The minimum absolute atomic E-state index is 0.422. The number of benzene rings is 2. The first-order valence-corrected chi connectivity index (χ1v) is 6.47. The molecular weight excluding hydrogens is 252 g/mol. The third-order valence-electron chi connectivity index (χ3n) is 3.64. The summed E-state index contributed by atoms with van der Waals surface area (Å²) in [5.74, 6) is 0.437. The van der Waals surface area contributed by atoms with Crippen LogP contribution in [0.4, 0.5) is 0 Å². The Morgan fingerprint density at radius 1 is 1.05 bits per heavy atom. The molecule has 0 aliphatic carbocycles. The smallest absolute Gasteiger partial charge is 0.170 e. The van der Waals surface area contributed by atoms with Crippen LogP contribution in [-0.4, -0.2) is 26.4 Å². The summed E-state index contributed by atoms with van der Waals surface area (Å²) in [6, 6.07) is 16.8. The van der Waals surface area contributed by atoms with E-state index < -0.39 is 12.2 Å². The van der Waals surface area contributed by atoms with Crippen LogP contribution in [0.3, 0.4) is 0 Å². The van der Waals surface area contributed by atoms with E-state index in [1.54, 1.807) is 12.1 Å². The fraction of sp³-hybridized carbons (Fsp3) is 0.188. The van der Waals surface area contributed by atoms with Gasteiger partial charge in [0.15, 0.2) is 5.60 Å². The van der Waals surface area contributed by atoms with Crippen LogP contribution < -0.4 is 0 Å². The highest BCUT2D eigenvalue weighted by Crippen LogP contribution is 2.30. The number of aryl methyl sites for hydroxylation is 1. The predicted octanol–water partition coefficient (Wildman–Crippen LogP) is 1.80. The van der Waals surface area contributed by atoms with Gasteiger partial charge in [0, 0.05) is 7.05 Å². The van der Waals surface area contributed by atoms with E-state index in [1.165, 1.54) is 0 Å². The maximum absolute atomic E-state index is 10.9. The Morgan fingerprint density at radius 2 is 1.70 bits per heavy atom. The number of nitrogens with zero attached hydrogens (tertiary/aromatic N) is 2. The van der Waals surface area contributed by atoms with Gasteiger partial charge in [-0.2, -0.15) is 0 Å². The highest BCUT2D eigenvalue weighted by molar-refractivity contribution is 5.76. The molecule has 3 aromatic rings. The number of aromatic nitrogens is 2. The quantitative estimate of drug-likeness (QED) is 0.761. The molecule has 1 unspecified atom stereocenters. The number of imidazole rings is 1. The molecule has 20 heavy (non-hydrogen) atoms. The molecule has 3 rings (SSSR count). The van der Waals surface area contributed by atoms with Crippen molar-refractivity contribution in [3.05, 3.63) is 66.0 Å². The van der Waals surface area contributed by atoms with Crippen molar-refractivity contribution in [2.24, 2.45) is 7.05 Å². The number of fused-ring (bicyclic) bond motifs is 1. The third kappa shape index (κ3) is 1.81. The Kier molecular flexibility index (Phi) is 3.04. The largest absolute Gasteiger partial charge is 0.393 e. The molecule has 2 N–H and O–H groups in total. The van der Waals surface area contributed by atoms with Gasteiger partial charge in [-0.05, 0) is 17.7 Å². The molecule has 2 aromatic carbocycles. The number of hydrogen-bond donors (Lipinski definition) is 2. The Morgan fingerprint density at radius 3 is 2.35 bits per heavy atom. The predicted molar refractivity (Wildman–Crippen MR) is 77.2 cm³/mol. The number of aliphatic hydroxyl groups is 2. The van der Waals surface area contributed by atoms with E-state index in [4.69, 9.17) is 0 Å². The Hall–Kier alpha value is -2.17. The van der Waals surface area contributed by atoms with Crippen LogP contribution in [0, 0.1) is 0 Å². The van der Waals surface area contributed by atoms with Gasteiger partial charge < -0.3 is 14.8 Å². The topological polar surface area (TPSA) is 58.3 Å². The van der Waals surface area contributed by atoms with Crippen molar-refractivity contribution < 1.29 is 10.2 Å². The molecule has 1 aromatic heterocycles. The van der Waals surface area contributed by atoms with Crippen molar-refractivity contribution in [2.45, 2.75) is 5.60 Å². The second kappa shape index (κ2) is 4.74. The molecule has 1 heterocycles. The summed E-state index contributed by atoms with van der Waals surface area (Å²) in [6.07, 6.45) is 0. The Labute approximate surface area is 116 Å². The van der Waals surface area contributed by atoms with Gasteiger partial charge in [-0.3, -0.25) is 0 Å². The second-order valence-corrected chi connectivity index (χ2v) is 4.87. The molecule has 0 aliphatic heterocycles. The number of hydrogen-bond acceptors (Lipinski definition) is 3. The molecule has 0 amide bonds. The average molecular weight is 268 g/mol. The number of aliphatic hydroxyl groups excluding tert-OH is 1. The standard InChI is InChI=1S/C16H16N2O2/c1-18-14-10-6-5-9-13(14)17-15(18)16(20,11-19)12-7-3-2-4-8-12/h2-10,19-20H,11H2,1H3. The molecule has 0 radical (unpaired) electrons. The summed E-state index contributed by atoms with van der Waals surface area (Å²) in [4.78, 5) is 4.48. The second-order valence-electron chi connectivity index (χ2n) is 4.87. The summed E-state index contributed by atoms with van der Waals surface area (Å²) in [5.41, 5.74) is 0.841. The Balaban J connectivity index is 2.24. The van der Waals surface area contributed by atoms with Gasteiger partial charge in [0.05, 0.1) is 17.6 Å². The minimum atomic E-state index is -1.50. The molecule has 0 aliphatic rings. The molecule has 0 bridgehead atoms. The van der Waals surface area contributed by atoms with E-state index in [1.807, 2.05) is 54.1 Å². The van der Waals surface area contributed by atoms with Crippen LogP contribution >= 0.6 is 0 Å². The van der Waals surface area contributed by atoms with E-state index in [0.717, 1.165) is 11.0 Å². The van der Waals surface area contributed by atoms with Gasteiger partial charge in [0.1, 0.15) is 5.82 Å². The first kappa shape index (κ1) is 12.8. The van der Waals surface area contributed by atoms with Gasteiger partial charge in [-0.25, -0.2) is 4.98 Å². The van der Waals surface area contributed by atoms with Crippen LogP contribution in [0.15, 0.2) is 54.6 Å². The van der Waals surface area contributed by atoms with Crippen LogP contribution in [0.1, 0.15) is 11.4 Å². The van der Waals surface area contributed by atoms with Crippen molar-refractivity contribution in [1.29, 1.82) is 0 Å². The Bertz CT molecular complexity index is 737. The van der Waals surface area contributed by atoms with Crippen molar-refractivity contribution in [3.8, 4) is 0 Å². The monoisotopic (exact) mass is 268 g/mol. The molecule has 102 valence electrons. The summed E-state index contributed by atoms with van der Waals surface area (Å²) < 4.78 is 1.82. The van der Waals surface area contributed by atoms with Crippen molar-refractivity contribution in [1.82, 2.24) is 9.55 Å². The molecule has 0 spiro atoms. The van der Waals surface area contributed by atoms with Crippen LogP contribution in [-0.2, 0) is 12.6 Å². The molecule has 0 saturated carbocycles. The van der Waals surface area contributed by atoms with E-state index in [9.17, 15) is 10.2 Å².